The molecule has 0 amide bonds. The zero-order valence-electron chi connectivity index (χ0n) is 11.1. The lowest BCUT2D eigenvalue weighted by Gasteiger charge is -2.24. The molecule has 0 aliphatic heterocycles. The molecule has 2 aromatic heterocycles. The summed E-state index contributed by atoms with van der Waals surface area (Å²) in [5, 5.41) is 0. The molecule has 6 nitrogen and oxygen atoms in total. The van der Waals surface area contributed by atoms with Gasteiger partial charge < -0.3 is 15.6 Å². The normalized spacial score (nSPS) is 10.3. The van der Waals surface area contributed by atoms with E-state index in [1.807, 2.05) is 39.6 Å². The maximum absolute atomic E-state index is 11.7. The molecule has 0 aromatic carbocycles. The third-order valence-corrected chi connectivity index (χ3v) is 3.98. The molecule has 0 bridgehead atoms. The maximum Gasteiger partial charge on any atom is 0.266 e. The fraction of sp³-hybridized carbons (Fsp3) is 0.231. The van der Waals surface area contributed by atoms with Crippen LogP contribution in [0, 0.1) is 3.57 Å². The van der Waals surface area contributed by atoms with Crippen LogP contribution < -0.4 is 16.2 Å². The summed E-state index contributed by atoms with van der Waals surface area (Å²) in [6.07, 6.45) is 5.46. The first kappa shape index (κ1) is 15.8. The van der Waals surface area contributed by atoms with Crippen molar-refractivity contribution in [1.82, 2.24) is 15.0 Å². The standard InChI is InChI=1S/C13H14IN5OS/c14-11-12(17-8-18-13(11)20)19(5-3-10(15)21)7-9-2-1-4-16-6-9/h1-2,4,6,8H,3,5,7H2,(H2,15,21)(H,17,18,20). The van der Waals surface area contributed by atoms with Gasteiger partial charge in [0.1, 0.15) is 9.39 Å². The molecule has 0 unspecified atom stereocenters. The zero-order valence-corrected chi connectivity index (χ0v) is 14.1. The van der Waals surface area contributed by atoms with Gasteiger partial charge in [-0.2, -0.15) is 0 Å². The van der Waals surface area contributed by atoms with Gasteiger partial charge in [-0.15, -0.1) is 0 Å². The summed E-state index contributed by atoms with van der Waals surface area (Å²) in [5.41, 5.74) is 6.45. The fourth-order valence-corrected chi connectivity index (χ4v) is 2.54. The van der Waals surface area contributed by atoms with Crippen molar-refractivity contribution < 1.29 is 0 Å². The Kier molecular flexibility index (Phi) is 5.62. The van der Waals surface area contributed by atoms with Crippen LogP contribution in [0.1, 0.15) is 12.0 Å². The Morgan fingerprint density at radius 1 is 1.52 bits per heavy atom. The summed E-state index contributed by atoms with van der Waals surface area (Å²) in [7, 11) is 0. The number of aromatic amines is 1. The van der Waals surface area contributed by atoms with E-state index in [9.17, 15) is 4.79 Å². The average molecular weight is 415 g/mol. The second-order valence-electron chi connectivity index (χ2n) is 4.37. The molecule has 2 rings (SSSR count). The van der Waals surface area contributed by atoms with Gasteiger partial charge >= 0.3 is 0 Å². The average Bonchev–Trinajstić information content (AvgIpc) is 2.47. The Hall–Kier alpha value is -1.55. The van der Waals surface area contributed by atoms with Crippen molar-refractivity contribution in [2.45, 2.75) is 13.0 Å². The zero-order chi connectivity index (χ0) is 15.2. The molecule has 2 heterocycles. The Balaban J connectivity index is 2.29. The monoisotopic (exact) mass is 415 g/mol. The van der Waals surface area contributed by atoms with Crippen LogP contribution in [-0.2, 0) is 6.54 Å². The van der Waals surface area contributed by atoms with Gasteiger partial charge in [-0.25, -0.2) is 4.98 Å². The van der Waals surface area contributed by atoms with Gasteiger partial charge in [0.15, 0.2) is 0 Å². The molecule has 3 N–H and O–H groups in total. The van der Waals surface area contributed by atoms with E-state index in [2.05, 4.69) is 15.0 Å². The number of nitrogens with zero attached hydrogens (tertiary/aromatic N) is 3. The first-order valence-electron chi connectivity index (χ1n) is 6.23. The summed E-state index contributed by atoms with van der Waals surface area (Å²) in [4.78, 5) is 25.1. The van der Waals surface area contributed by atoms with Gasteiger partial charge in [-0.1, -0.05) is 18.3 Å². The van der Waals surface area contributed by atoms with Gasteiger partial charge in [0, 0.05) is 31.9 Å². The van der Waals surface area contributed by atoms with Crippen molar-refractivity contribution in [3.63, 3.8) is 0 Å². The topological polar surface area (TPSA) is 87.9 Å². The van der Waals surface area contributed by atoms with Crippen LogP contribution in [0.25, 0.3) is 0 Å². The molecule has 0 atom stereocenters. The highest BCUT2D eigenvalue weighted by molar-refractivity contribution is 14.1. The molecular weight excluding hydrogens is 401 g/mol. The molecule has 0 saturated carbocycles. The number of thiocarbonyl (C=S) groups is 1. The Morgan fingerprint density at radius 2 is 2.33 bits per heavy atom. The first-order valence-corrected chi connectivity index (χ1v) is 7.72. The Labute approximate surface area is 140 Å². The lowest BCUT2D eigenvalue weighted by molar-refractivity contribution is 0.779. The van der Waals surface area contributed by atoms with Gasteiger partial charge in [-0.3, -0.25) is 9.78 Å². The lowest BCUT2D eigenvalue weighted by atomic mass is 10.2. The number of pyridine rings is 1. The van der Waals surface area contributed by atoms with Crippen LogP contribution in [0.5, 0.6) is 0 Å². The number of nitrogens with two attached hydrogens (primary N) is 1. The van der Waals surface area contributed by atoms with Gasteiger partial charge in [-0.05, 0) is 34.2 Å². The van der Waals surface area contributed by atoms with Crippen LogP contribution in [0.2, 0.25) is 0 Å². The van der Waals surface area contributed by atoms with E-state index in [4.69, 9.17) is 18.0 Å². The third kappa shape index (κ3) is 4.46. The predicted octanol–water partition coefficient (Wildman–Crippen LogP) is 1.45. The first-order chi connectivity index (χ1) is 10.1. The van der Waals surface area contributed by atoms with E-state index in [0.717, 1.165) is 5.56 Å². The molecule has 0 aliphatic rings. The number of nitrogens with one attached hydrogen (secondary N) is 1. The van der Waals surface area contributed by atoms with E-state index in [0.29, 0.717) is 33.9 Å². The van der Waals surface area contributed by atoms with E-state index in [-0.39, 0.29) is 5.56 Å². The molecule has 0 saturated heterocycles. The van der Waals surface area contributed by atoms with Crippen LogP contribution in [-0.4, -0.2) is 26.5 Å². The summed E-state index contributed by atoms with van der Waals surface area (Å²) >= 11 is 6.93. The summed E-state index contributed by atoms with van der Waals surface area (Å²) in [5.74, 6) is 0.624. The second kappa shape index (κ2) is 7.46. The van der Waals surface area contributed by atoms with Crippen molar-refractivity contribution in [2.24, 2.45) is 5.73 Å². The number of halogens is 1. The number of anilines is 1. The molecule has 0 fully saturated rings. The van der Waals surface area contributed by atoms with E-state index >= 15 is 0 Å². The maximum atomic E-state index is 11.7. The largest absolute Gasteiger partial charge is 0.393 e. The fourth-order valence-electron chi connectivity index (χ4n) is 1.81. The van der Waals surface area contributed by atoms with Crippen molar-refractivity contribution in [3.05, 3.63) is 50.3 Å². The van der Waals surface area contributed by atoms with E-state index in [1.165, 1.54) is 6.33 Å². The van der Waals surface area contributed by atoms with Crippen molar-refractivity contribution in [1.29, 1.82) is 0 Å². The Bertz CT molecular complexity index is 676. The molecule has 21 heavy (non-hydrogen) atoms. The van der Waals surface area contributed by atoms with Crippen LogP contribution in [0.4, 0.5) is 5.82 Å². The summed E-state index contributed by atoms with van der Waals surface area (Å²) in [6.45, 7) is 1.18. The van der Waals surface area contributed by atoms with Crippen LogP contribution >= 0.6 is 34.8 Å². The smallest absolute Gasteiger partial charge is 0.266 e. The van der Waals surface area contributed by atoms with Gasteiger partial charge in [0.2, 0.25) is 0 Å². The Morgan fingerprint density at radius 3 is 3.00 bits per heavy atom. The highest BCUT2D eigenvalue weighted by Crippen LogP contribution is 2.18. The molecule has 0 spiro atoms. The number of hydrogen-bond donors (Lipinski definition) is 2. The molecule has 2 aromatic rings. The lowest BCUT2D eigenvalue weighted by Crippen LogP contribution is -2.30. The second-order valence-corrected chi connectivity index (χ2v) is 5.97. The third-order valence-electron chi connectivity index (χ3n) is 2.80. The van der Waals surface area contributed by atoms with Crippen LogP contribution in [0.3, 0.4) is 0 Å². The highest BCUT2D eigenvalue weighted by Gasteiger charge is 2.15. The van der Waals surface area contributed by atoms with Crippen molar-refractivity contribution >= 4 is 45.6 Å². The number of rotatable bonds is 6. The predicted molar refractivity (Wildman–Crippen MR) is 94.3 cm³/mol. The quantitative estimate of drug-likeness (QED) is 0.549. The molecular formula is C13H14IN5OS. The SMILES string of the molecule is NC(=S)CCN(Cc1cccnc1)c1nc[nH]c(=O)c1I. The molecule has 0 aliphatic carbocycles. The molecule has 0 radical (unpaired) electrons. The van der Waals surface area contributed by atoms with Crippen molar-refractivity contribution in [3.8, 4) is 0 Å². The molecule has 110 valence electrons. The van der Waals surface area contributed by atoms with Crippen LogP contribution in [0.15, 0.2) is 35.6 Å². The van der Waals surface area contributed by atoms with E-state index < -0.39 is 0 Å². The summed E-state index contributed by atoms with van der Waals surface area (Å²) in [6, 6.07) is 3.85. The molecule has 8 heteroatoms. The number of H-pyrrole nitrogens is 1. The number of aromatic nitrogens is 3. The van der Waals surface area contributed by atoms with E-state index in [1.54, 1.807) is 12.4 Å². The van der Waals surface area contributed by atoms with Gasteiger partial charge in [0.05, 0.1) is 11.3 Å². The van der Waals surface area contributed by atoms with Crippen molar-refractivity contribution in [2.75, 3.05) is 11.4 Å². The highest BCUT2D eigenvalue weighted by atomic mass is 127. The summed E-state index contributed by atoms with van der Waals surface area (Å²) < 4.78 is 0.543. The van der Waals surface area contributed by atoms with Gasteiger partial charge in [0.25, 0.3) is 5.56 Å². The number of hydrogen-bond acceptors (Lipinski definition) is 5. The minimum absolute atomic E-state index is 0.160. The minimum Gasteiger partial charge on any atom is -0.393 e. The minimum atomic E-state index is -0.160.